The van der Waals surface area contributed by atoms with Crippen molar-refractivity contribution in [1.29, 1.82) is 0 Å². The van der Waals surface area contributed by atoms with Crippen LogP contribution in [0, 0.1) is 0 Å². The fraction of sp³-hybridized carbons (Fsp3) is 0.385. The first-order valence-electron chi connectivity index (χ1n) is 12.0. The van der Waals surface area contributed by atoms with Gasteiger partial charge >= 0.3 is 0 Å². The lowest BCUT2D eigenvalue weighted by Gasteiger charge is -2.20. The van der Waals surface area contributed by atoms with Crippen molar-refractivity contribution in [1.82, 2.24) is 19.8 Å². The van der Waals surface area contributed by atoms with Crippen molar-refractivity contribution in [2.24, 2.45) is 10.7 Å². The lowest BCUT2D eigenvalue weighted by atomic mass is 10.0. The molecule has 4 rings (SSSR count). The third-order valence-electron chi connectivity index (χ3n) is 6.36. The van der Waals surface area contributed by atoms with E-state index in [4.69, 9.17) is 22.3 Å². The van der Waals surface area contributed by atoms with Gasteiger partial charge in [0.25, 0.3) is 11.8 Å². The molecule has 2 amide bonds. The molecular formula is C26H31ClN6O2. The van der Waals surface area contributed by atoms with Gasteiger partial charge in [0.15, 0.2) is 0 Å². The Bertz CT molecular complexity index is 1270. The number of amidine groups is 1. The molecule has 0 bridgehead atoms. The van der Waals surface area contributed by atoms with Crippen molar-refractivity contribution in [3.63, 3.8) is 0 Å². The molecule has 0 radical (unpaired) electrons. The Hall–Kier alpha value is -3.39. The minimum Gasteiger partial charge on any atom is -0.386 e. The molecule has 1 unspecified atom stereocenters. The fourth-order valence-electron chi connectivity index (χ4n) is 4.62. The third-order valence-corrected chi connectivity index (χ3v) is 6.63. The van der Waals surface area contributed by atoms with Crippen LogP contribution >= 0.6 is 11.6 Å². The predicted octanol–water partition coefficient (Wildman–Crippen LogP) is 3.88. The molecular weight excluding hydrogens is 464 g/mol. The maximum atomic E-state index is 13.5. The van der Waals surface area contributed by atoms with Crippen LogP contribution in [0.25, 0.3) is 11.0 Å². The van der Waals surface area contributed by atoms with E-state index in [2.05, 4.69) is 21.8 Å². The molecule has 1 aliphatic rings. The van der Waals surface area contributed by atoms with Gasteiger partial charge in [-0.2, -0.15) is 0 Å². The van der Waals surface area contributed by atoms with E-state index in [9.17, 15) is 9.59 Å². The zero-order valence-electron chi connectivity index (χ0n) is 20.1. The van der Waals surface area contributed by atoms with Crippen LogP contribution in [0.15, 0.2) is 47.5 Å². The van der Waals surface area contributed by atoms with Crippen molar-refractivity contribution >= 4 is 40.3 Å². The number of nitrogens with two attached hydrogens (primary N) is 1. The first-order chi connectivity index (χ1) is 17.0. The molecule has 3 N–H and O–H groups in total. The lowest BCUT2D eigenvalue weighted by Crippen LogP contribution is -2.32. The van der Waals surface area contributed by atoms with E-state index in [0.29, 0.717) is 56.0 Å². The van der Waals surface area contributed by atoms with Crippen LogP contribution in [0.2, 0.25) is 0 Å². The average Bonchev–Trinajstić information content (AvgIpc) is 3.42. The predicted molar refractivity (Wildman–Crippen MR) is 139 cm³/mol. The number of fused-ring (bicyclic) bond motifs is 2. The van der Waals surface area contributed by atoms with E-state index in [1.54, 1.807) is 11.0 Å². The standard InChI is InChI=1S/C26H31ClN6O2/c1-3-32-16-17-9-7-10-18(23(17)26(32)35)25(34)31-20(12-8-14-29-22(28)15-27)24-30-19-11-5-6-13-21(19)33(24)4-2/h5-7,9-11,13,20H,3-4,8,12,14-16H2,1-2H3,(H2,28,29)(H,31,34). The molecule has 1 atom stereocenters. The highest BCUT2D eigenvalue weighted by Gasteiger charge is 2.32. The maximum Gasteiger partial charge on any atom is 0.255 e. The zero-order valence-corrected chi connectivity index (χ0v) is 20.9. The number of nitrogens with one attached hydrogen (secondary N) is 1. The van der Waals surface area contributed by atoms with Crippen LogP contribution in [0.4, 0.5) is 0 Å². The largest absolute Gasteiger partial charge is 0.386 e. The number of nitrogens with zero attached hydrogens (tertiary/aromatic N) is 4. The number of hydrogen-bond acceptors (Lipinski definition) is 4. The van der Waals surface area contributed by atoms with E-state index in [1.165, 1.54) is 0 Å². The summed E-state index contributed by atoms with van der Waals surface area (Å²) >= 11 is 5.73. The molecule has 2 aromatic carbocycles. The number of halogens is 1. The Morgan fingerprint density at radius 1 is 1.20 bits per heavy atom. The van der Waals surface area contributed by atoms with Gasteiger partial charge in [0.2, 0.25) is 0 Å². The molecule has 184 valence electrons. The Morgan fingerprint density at radius 2 is 2.00 bits per heavy atom. The number of carbonyl (C=O) groups is 2. The summed E-state index contributed by atoms with van der Waals surface area (Å²) in [5.41, 5.74) is 9.41. The van der Waals surface area contributed by atoms with Crippen LogP contribution in [-0.2, 0) is 13.1 Å². The molecule has 0 saturated carbocycles. The van der Waals surface area contributed by atoms with E-state index in [0.717, 1.165) is 22.4 Å². The van der Waals surface area contributed by atoms with Gasteiger partial charge < -0.3 is 20.5 Å². The number of amides is 2. The summed E-state index contributed by atoms with van der Waals surface area (Å²) < 4.78 is 2.12. The summed E-state index contributed by atoms with van der Waals surface area (Å²) in [4.78, 5) is 37.4. The van der Waals surface area contributed by atoms with Gasteiger partial charge in [-0.25, -0.2) is 4.98 Å². The maximum absolute atomic E-state index is 13.5. The molecule has 0 saturated heterocycles. The highest BCUT2D eigenvalue weighted by molar-refractivity contribution is 6.27. The summed E-state index contributed by atoms with van der Waals surface area (Å²) in [6.07, 6.45) is 1.29. The number of para-hydroxylation sites is 2. The number of benzene rings is 2. The van der Waals surface area contributed by atoms with E-state index in [-0.39, 0.29) is 23.7 Å². The van der Waals surface area contributed by atoms with Crippen molar-refractivity contribution < 1.29 is 9.59 Å². The topological polar surface area (TPSA) is 106 Å². The lowest BCUT2D eigenvalue weighted by molar-refractivity contribution is 0.0780. The second-order valence-electron chi connectivity index (χ2n) is 8.54. The molecule has 1 aromatic heterocycles. The SMILES string of the molecule is CCN1Cc2cccc(C(=O)NC(CCCN=C(N)CCl)c3nc4ccccc4n3CC)c2C1=O. The Morgan fingerprint density at radius 3 is 2.74 bits per heavy atom. The van der Waals surface area contributed by atoms with Crippen LogP contribution in [0.1, 0.15) is 64.8 Å². The van der Waals surface area contributed by atoms with Crippen LogP contribution in [0.3, 0.4) is 0 Å². The molecule has 8 nitrogen and oxygen atoms in total. The van der Waals surface area contributed by atoms with Crippen molar-refractivity contribution in [2.75, 3.05) is 19.0 Å². The minimum atomic E-state index is -0.364. The molecule has 2 heterocycles. The van der Waals surface area contributed by atoms with E-state index in [1.807, 2.05) is 43.3 Å². The van der Waals surface area contributed by atoms with Crippen LogP contribution in [-0.4, -0.2) is 51.1 Å². The number of aliphatic imine (C=N–C) groups is 1. The molecule has 1 aliphatic heterocycles. The highest BCUT2D eigenvalue weighted by Crippen LogP contribution is 2.28. The number of aryl methyl sites for hydroxylation is 1. The third kappa shape index (κ3) is 5.03. The number of alkyl halides is 1. The highest BCUT2D eigenvalue weighted by atomic mass is 35.5. The van der Waals surface area contributed by atoms with Gasteiger partial charge in [0, 0.05) is 26.2 Å². The summed E-state index contributed by atoms with van der Waals surface area (Å²) in [5.74, 6) is 0.985. The second kappa shape index (κ2) is 10.9. The minimum absolute atomic E-state index is 0.100. The second-order valence-corrected chi connectivity index (χ2v) is 8.80. The number of carbonyl (C=O) groups excluding carboxylic acids is 2. The van der Waals surface area contributed by atoms with Gasteiger partial charge in [-0.05, 0) is 50.5 Å². The fourth-order valence-corrected chi connectivity index (χ4v) is 4.70. The van der Waals surface area contributed by atoms with Crippen molar-refractivity contribution in [3.8, 4) is 0 Å². The first-order valence-corrected chi connectivity index (χ1v) is 12.5. The summed E-state index contributed by atoms with van der Waals surface area (Å²) in [6, 6.07) is 13.0. The summed E-state index contributed by atoms with van der Waals surface area (Å²) in [6.45, 7) is 6.34. The van der Waals surface area contributed by atoms with E-state index < -0.39 is 0 Å². The Kier molecular flexibility index (Phi) is 7.70. The number of imidazole rings is 1. The first kappa shape index (κ1) is 24.7. The molecule has 0 spiro atoms. The van der Waals surface area contributed by atoms with Crippen molar-refractivity contribution in [3.05, 3.63) is 65.0 Å². The quantitative estimate of drug-likeness (QED) is 0.193. The number of hydrogen-bond donors (Lipinski definition) is 2. The normalized spacial score (nSPS) is 14.4. The van der Waals surface area contributed by atoms with Crippen LogP contribution in [0.5, 0.6) is 0 Å². The van der Waals surface area contributed by atoms with Gasteiger partial charge in [-0.3, -0.25) is 14.6 Å². The molecule has 9 heteroatoms. The molecule has 0 fully saturated rings. The molecule has 35 heavy (non-hydrogen) atoms. The monoisotopic (exact) mass is 494 g/mol. The van der Waals surface area contributed by atoms with E-state index >= 15 is 0 Å². The van der Waals surface area contributed by atoms with Crippen molar-refractivity contribution in [2.45, 2.75) is 45.8 Å². The van der Waals surface area contributed by atoms with Crippen LogP contribution < -0.4 is 11.1 Å². The Balaban J connectivity index is 1.65. The van der Waals surface area contributed by atoms with Gasteiger partial charge in [-0.1, -0.05) is 24.3 Å². The van der Waals surface area contributed by atoms with Gasteiger partial charge in [0.05, 0.1) is 34.1 Å². The summed E-state index contributed by atoms with van der Waals surface area (Å²) in [7, 11) is 0. The molecule has 3 aromatic rings. The number of aromatic nitrogens is 2. The average molecular weight is 495 g/mol. The number of rotatable bonds is 10. The zero-order chi connectivity index (χ0) is 24.9. The van der Waals surface area contributed by atoms with Gasteiger partial charge in [-0.15, -0.1) is 11.6 Å². The smallest absolute Gasteiger partial charge is 0.255 e. The summed E-state index contributed by atoms with van der Waals surface area (Å²) in [5, 5.41) is 3.17. The Labute approximate surface area is 210 Å². The molecule has 0 aliphatic carbocycles. The van der Waals surface area contributed by atoms with Gasteiger partial charge in [0.1, 0.15) is 11.7 Å².